The molecule has 1 N–H and O–H groups in total. The highest BCUT2D eigenvalue weighted by molar-refractivity contribution is 7.23. The second-order valence-corrected chi connectivity index (χ2v) is 4.79. The molecule has 1 aromatic heterocycles. The van der Waals surface area contributed by atoms with Gasteiger partial charge in [0.25, 0.3) is 0 Å². The monoisotopic (exact) mass is 266 g/mol. The summed E-state index contributed by atoms with van der Waals surface area (Å²) in [6, 6.07) is 1.60. The van der Waals surface area contributed by atoms with E-state index in [1.807, 2.05) is 0 Å². The Morgan fingerprint density at radius 1 is 1.29 bits per heavy atom. The number of nitrogens with zero attached hydrogens (tertiary/aromatic N) is 1. The second kappa shape index (κ2) is 3.74. The van der Waals surface area contributed by atoms with Crippen molar-refractivity contribution in [2.75, 3.05) is 12.4 Å². The van der Waals surface area contributed by atoms with E-state index in [4.69, 9.17) is 34.8 Å². The van der Waals surface area contributed by atoms with Crippen LogP contribution in [0.1, 0.15) is 0 Å². The van der Waals surface area contributed by atoms with E-state index in [0.717, 1.165) is 9.83 Å². The lowest BCUT2D eigenvalue weighted by atomic mass is 10.3. The maximum atomic E-state index is 6.02. The summed E-state index contributed by atoms with van der Waals surface area (Å²) in [4.78, 5) is 4.27. The molecule has 0 unspecified atom stereocenters. The first-order chi connectivity index (χ1) is 6.63. The molecule has 6 heteroatoms. The standard InChI is InChI=1S/C8H5Cl3N2S/c1-12-8-13-6-4(10)2-3(9)5(11)7(6)14-8/h2H,1H3,(H,12,13). The highest BCUT2D eigenvalue weighted by atomic mass is 35.5. The van der Waals surface area contributed by atoms with Crippen LogP contribution in [-0.4, -0.2) is 12.0 Å². The van der Waals surface area contributed by atoms with Crippen LogP contribution in [0.2, 0.25) is 15.1 Å². The maximum Gasteiger partial charge on any atom is 0.183 e. The molecule has 0 spiro atoms. The Balaban J connectivity index is 2.84. The fourth-order valence-electron chi connectivity index (χ4n) is 1.09. The van der Waals surface area contributed by atoms with Crippen LogP contribution in [0.25, 0.3) is 10.2 Å². The van der Waals surface area contributed by atoms with Crippen molar-refractivity contribution in [3.8, 4) is 0 Å². The van der Waals surface area contributed by atoms with E-state index in [1.54, 1.807) is 13.1 Å². The molecule has 1 heterocycles. The number of anilines is 1. The van der Waals surface area contributed by atoms with Gasteiger partial charge < -0.3 is 5.32 Å². The van der Waals surface area contributed by atoms with E-state index >= 15 is 0 Å². The van der Waals surface area contributed by atoms with Crippen LogP contribution < -0.4 is 5.32 Å². The van der Waals surface area contributed by atoms with Crippen LogP contribution >= 0.6 is 46.1 Å². The van der Waals surface area contributed by atoms with Gasteiger partial charge in [-0.05, 0) is 6.07 Å². The molecule has 0 aliphatic rings. The first-order valence-electron chi connectivity index (χ1n) is 3.75. The zero-order valence-corrected chi connectivity index (χ0v) is 10.2. The molecule has 0 amide bonds. The van der Waals surface area contributed by atoms with Gasteiger partial charge in [-0.1, -0.05) is 46.1 Å². The molecular formula is C8H5Cl3N2S. The van der Waals surface area contributed by atoms with Gasteiger partial charge >= 0.3 is 0 Å². The van der Waals surface area contributed by atoms with Crippen molar-refractivity contribution in [2.45, 2.75) is 0 Å². The molecule has 0 aliphatic carbocycles. The molecule has 0 aliphatic heterocycles. The second-order valence-electron chi connectivity index (χ2n) is 2.60. The van der Waals surface area contributed by atoms with E-state index in [2.05, 4.69) is 10.3 Å². The van der Waals surface area contributed by atoms with Crippen LogP contribution in [0.4, 0.5) is 5.13 Å². The lowest BCUT2D eigenvalue weighted by molar-refractivity contribution is 1.41. The van der Waals surface area contributed by atoms with Gasteiger partial charge in [-0.3, -0.25) is 0 Å². The van der Waals surface area contributed by atoms with Gasteiger partial charge in [0, 0.05) is 7.05 Å². The summed E-state index contributed by atoms with van der Waals surface area (Å²) in [7, 11) is 1.79. The van der Waals surface area contributed by atoms with E-state index in [9.17, 15) is 0 Å². The number of aromatic nitrogens is 1. The van der Waals surface area contributed by atoms with Crippen LogP contribution in [0.15, 0.2) is 6.07 Å². The summed E-state index contributed by atoms with van der Waals surface area (Å²) >= 11 is 19.3. The van der Waals surface area contributed by atoms with Gasteiger partial charge in [0.2, 0.25) is 0 Å². The van der Waals surface area contributed by atoms with Crippen molar-refractivity contribution in [3.63, 3.8) is 0 Å². The molecule has 0 saturated carbocycles. The Bertz CT molecular complexity index is 495. The number of fused-ring (bicyclic) bond motifs is 1. The molecule has 0 radical (unpaired) electrons. The van der Waals surface area contributed by atoms with Gasteiger partial charge in [-0.2, -0.15) is 0 Å². The number of thiazole rings is 1. The normalized spacial score (nSPS) is 10.9. The van der Waals surface area contributed by atoms with E-state index < -0.39 is 0 Å². The number of halogens is 3. The van der Waals surface area contributed by atoms with Crippen molar-refractivity contribution in [1.29, 1.82) is 0 Å². The van der Waals surface area contributed by atoms with Gasteiger partial charge in [0.15, 0.2) is 5.13 Å². The molecule has 0 saturated heterocycles. The van der Waals surface area contributed by atoms with Gasteiger partial charge in [0.1, 0.15) is 5.52 Å². The predicted molar refractivity (Wildman–Crippen MR) is 64.2 cm³/mol. The van der Waals surface area contributed by atoms with Crippen LogP contribution in [0.3, 0.4) is 0 Å². The quantitative estimate of drug-likeness (QED) is 0.779. The molecule has 0 bridgehead atoms. The highest BCUT2D eigenvalue weighted by Gasteiger charge is 2.13. The summed E-state index contributed by atoms with van der Waals surface area (Å²) in [6.07, 6.45) is 0. The smallest absolute Gasteiger partial charge is 0.183 e. The summed E-state index contributed by atoms with van der Waals surface area (Å²) < 4.78 is 0.813. The summed E-state index contributed by atoms with van der Waals surface area (Å²) in [5, 5.41) is 5.19. The van der Waals surface area contributed by atoms with Crippen molar-refractivity contribution < 1.29 is 0 Å². The predicted octanol–water partition coefficient (Wildman–Crippen LogP) is 4.30. The number of nitrogens with one attached hydrogen (secondary N) is 1. The average Bonchev–Trinajstić information content (AvgIpc) is 2.58. The molecule has 74 valence electrons. The van der Waals surface area contributed by atoms with E-state index in [-0.39, 0.29) is 0 Å². The third-order valence-electron chi connectivity index (χ3n) is 1.73. The number of benzene rings is 1. The summed E-state index contributed by atoms with van der Waals surface area (Å²) in [5.41, 5.74) is 0.690. The average molecular weight is 268 g/mol. The number of hydrogen-bond donors (Lipinski definition) is 1. The summed E-state index contributed by atoms with van der Waals surface area (Å²) in [5.74, 6) is 0. The fourth-order valence-corrected chi connectivity index (χ4v) is 2.85. The zero-order valence-electron chi connectivity index (χ0n) is 7.07. The number of hydrogen-bond acceptors (Lipinski definition) is 3. The van der Waals surface area contributed by atoms with E-state index in [1.165, 1.54) is 11.3 Å². The van der Waals surface area contributed by atoms with Crippen LogP contribution in [0, 0.1) is 0 Å². The Labute approximate surface area is 99.8 Å². The van der Waals surface area contributed by atoms with Crippen molar-refractivity contribution >= 4 is 61.5 Å². The van der Waals surface area contributed by atoms with E-state index in [0.29, 0.717) is 20.6 Å². The van der Waals surface area contributed by atoms with Crippen LogP contribution in [-0.2, 0) is 0 Å². The minimum Gasteiger partial charge on any atom is -0.365 e. The third-order valence-corrected chi connectivity index (χ3v) is 4.01. The van der Waals surface area contributed by atoms with Crippen molar-refractivity contribution in [2.24, 2.45) is 0 Å². The SMILES string of the molecule is CNc1nc2c(Cl)cc(Cl)c(Cl)c2s1. The number of rotatable bonds is 1. The fraction of sp³-hybridized carbons (Fsp3) is 0.125. The maximum absolute atomic E-state index is 6.02. The van der Waals surface area contributed by atoms with Crippen molar-refractivity contribution in [1.82, 2.24) is 4.98 Å². The Hall–Kier alpha value is -0.220. The largest absolute Gasteiger partial charge is 0.365 e. The molecule has 1 aromatic carbocycles. The first kappa shape index (κ1) is 10.3. The topological polar surface area (TPSA) is 24.9 Å². The lowest BCUT2D eigenvalue weighted by Gasteiger charge is -1.97. The van der Waals surface area contributed by atoms with Crippen LogP contribution in [0.5, 0.6) is 0 Å². The molecule has 2 rings (SSSR count). The first-order valence-corrected chi connectivity index (χ1v) is 5.70. The summed E-state index contributed by atoms with van der Waals surface area (Å²) in [6.45, 7) is 0. The van der Waals surface area contributed by atoms with Gasteiger partial charge in [-0.15, -0.1) is 0 Å². The molecule has 0 atom stereocenters. The molecular weight excluding hydrogens is 263 g/mol. The van der Waals surface area contributed by atoms with Gasteiger partial charge in [0.05, 0.1) is 19.8 Å². The lowest BCUT2D eigenvalue weighted by Crippen LogP contribution is -1.84. The third kappa shape index (κ3) is 1.54. The molecule has 2 nitrogen and oxygen atoms in total. The Morgan fingerprint density at radius 3 is 2.64 bits per heavy atom. The zero-order chi connectivity index (χ0) is 10.3. The molecule has 0 fully saturated rings. The minimum absolute atomic E-state index is 0.454. The molecule has 14 heavy (non-hydrogen) atoms. The highest BCUT2D eigenvalue weighted by Crippen LogP contribution is 2.40. The Morgan fingerprint density at radius 2 is 2.00 bits per heavy atom. The van der Waals surface area contributed by atoms with Crippen molar-refractivity contribution in [3.05, 3.63) is 21.1 Å². The minimum atomic E-state index is 0.454. The molecule has 2 aromatic rings. The Kier molecular flexibility index (Phi) is 2.75. The van der Waals surface area contributed by atoms with Gasteiger partial charge in [-0.25, -0.2) is 4.98 Å².